The molecule has 1 saturated heterocycles. The van der Waals surface area contributed by atoms with Crippen molar-refractivity contribution in [2.24, 2.45) is 7.05 Å². The molecular formula is C25H33N3O12S. The van der Waals surface area contributed by atoms with E-state index in [0.29, 0.717) is 0 Å². The highest BCUT2D eigenvalue weighted by molar-refractivity contribution is 7.98. The summed E-state index contributed by atoms with van der Waals surface area (Å²) in [5, 5.41) is 3.16. The van der Waals surface area contributed by atoms with Crippen molar-refractivity contribution >= 4 is 53.5 Å². The predicted octanol–water partition coefficient (Wildman–Crippen LogP) is 0.574. The number of nitrogens with zero attached hydrogens (tertiary/aromatic N) is 2. The van der Waals surface area contributed by atoms with Crippen molar-refractivity contribution in [2.75, 3.05) is 24.8 Å². The number of carbonyl (C=O) groups is 5. The molecule has 1 aliphatic rings. The molecule has 1 N–H and O–H groups in total. The quantitative estimate of drug-likeness (QED) is 0.122. The number of nitrogens with one attached hydrogen (secondary N) is 1. The molecular weight excluding hydrogens is 566 g/mol. The van der Waals surface area contributed by atoms with Crippen LogP contribution in [0.15, 0.2) is 16.0 Å². The van der Waals surface area contributed by atoms with E-state index in [9.17, 15) is 28.8 Å². The van der Waals surface area contributed by atoms with Gasteiger partial charge in [-0.1, -0.05) is 11.8 Å². The summed E-state index contributed by atoms with van der Waals surface area (Å²) in [6.45, 7) is 5.75. The van der Waals surface area contributed by atoms with Gasteiger partial charge in [-0.25, -0.2) is 9.78 Å². The predicted molar refractivity (Wildman–Crippen MR) is 143 cm³/mol. The number of carbonyl (C=O) groups excluding carboxylic acids is 5. The van der Waals surface area contributed by atoms with Crippen LogP contribution in [-0.2, 0) is 59.4 Å². The number of ether oxygens (including phenoxy) is 6. The lowest BCUT2D eigenvalue weighted by Crippen LogP contribution is -2.64. The first-order valence-corrected chi connectivity index (χ1v) is 13.6. The Kier molecular flexibility index (Phi) is 12.3. The number of rotatable bonds is 11. The van der Waals surface area contributed by atoms with Gasteiger partial charge in [0.25, 0.3) is 5.56 Å². The van der Waals surface area contributed by atoms with E-state index in [4.69, 9.17) is 28.4 Å². The van der Waals surface area contributed by atoms with E-state index in [2.05, 4.69) is 10.3 Å². The van der Waals surface area contributed by atoms with E-state index in [1.807, 2.05) is 0 Å². The largest absolute Gasteiger partial charge is 0.463 e. The van der Waals surface area contributed by atoms with Crippen LogP contribution in [0.5, 0.6) is 0 Å². The molecule has 1 aliphatic heterocycles. The molecule has 41 heavy (non-hydrogen) atoms. The Balaban J connectivity index is 2.69. The highest BCUT2D eigenvalue weighted by Crippen LogP contribution is 2.31. The highest BCUT2D eigenvalue weighted by Gasteiger charge is 2.52. The average Bonchev–Trinajstić information content (AvgIpc) is 2.87. The first kappa shape index (κ1) is 33.3. The number of thioether (sulfide) groups is 1. The molecule has 0 amide bonds. The van der Waals surface area contributed by atoms with Crippen LogP contribution in [0, 0.1) is 0 Å². The van der Waals surface area contributed by atoms with Crippen LogP contribution >= 0.6 is 11.8 Å². The van der Waals surface area contributed by atoms with Crippen LogP contribution in [0.25, 0.3) is 6.08 Å². The van der Waals surface area contributed by atoms with Gasteiger partial charge in [0.15, 0.2) is 29.7 Å². The minimum absolute atomic E-state index is 0.0776. The third-order valence-corrected chi connectivity index (χ3v) is 6.14. The summed E-state index contributed by atoms with van der Waals surface area (Å²) in [5.41, 5.74) is -0.621. The van der Waals surface area contributed by atoms with Crippen LogP contribution in [0.3, 0.4) is 0 Å². The van der Waals surface area contributed by atoms with E-state index in [1.165, 1.54) is 17.7 Å². The molecule has 1 aromatic heterocycles. The standard InChI is InChI=1S/C25H33N3O12S/c1-8-35-18(33)10-9-16-22(27-25(41-7)28(6)24(16)34)26-23-21(39-15(5)32)20(38-14(4)31)19(37-13(3)30)17(40-23)11-36-12(2)29/h9-10,17,19-21,23,26H,8,11H2,1-7H3/b10-9+. The monoisotopic (exact) mass is 599 g/mol. The molecule has 226 valence electrons. The molecule has 1 fully saturated rings. The van der Waals surface area contributed by atoms with Crippen molar-refractivity contribution in [3.05, 3.63) is 22.0 Å². The van der Waals surface area contributed by atoms with Crippen molar-refractivity contribution in [3.63, 3.8) is 0 Å². The van der Waals surface area contributed by atoms with E-state index in [-0.39, 0.29) is 23.1 Å². The Hall–Kier alpha value is -3.92. The molecule has 0 radical (unpaired) electrons. The van der Waals surface area contributed by atoms with Gasteiger partial charge in [0.2, 0.25) is 0 Å². The number of anilines is 1. The topological polar surface area (TPSA) is 188 Å². The maximum Gasteiger partial charge on any atom is 0.330 e. The van der Waals surface area contributed by atoms with Crippen molar-refractivity contribution in [2.45, 2.75) is 70.4 Å². The molecule has 0 spiro atoms. The lowest BCUT2D eigenvalue weighted by Gasteiger charge is -2.44. The summed E-state index contributed by atoms with van der Waals surface area (Å²) in [7, 11) is 1.49. The number of hydrogen-bond acceptors (Lipinski definition) is 15. The Morgan fingerprint density at radius 1 is 0.951 bits per heavy atom. The second kappa shape index (κ2) is 15.2. The Bertz CT molecular complexity index is 1250. The Morgan fingerprint density at radius 2 is 1.54 bits per heavy atom. The second-order valence-corrected chi connectivity index (χ2v) is 9.35. The van der Waals surface area contributed by atoms with Gasteiger partial charge < -0.3 is 33.7 Å². The second-order valence-electron chi connectivity index (χ2n) is 8.57. The molecule has 15 nitrogen and oxygen atoms in total. The third-order valence-electron chi connectivity index (χ3n) is 5.41. The lowest BCUT2D eigenvalue weighted by molar-refractivity contribution is -0.247. The van der Waals surface area contributed by atoms with Gasteiger partial charge in [0.05, 0.1) is 12.2 Å². The summed E-state index contributed by atoms with van der Waals surface area (Å²) in [4.78, 5) is 77.3. The van der Waals surface area contributed by atoms with Crippen molar-refractivity contribution in [1.29, 1.82) is 0 Å². The minimum atomic E-state index is -1.44. The molecule has 0 aromatic carbocycles. The molecule has 0 saturated carbocycles. The van der Waals surface area contributed by atoms with Gasteiger partial charge in [-0.2, -0.15) is 0 Å². The summed E-state index contributed by atoms with van der Waals surface area (Å²) in [5.74, 6) is -3.84. The fourth-order valence-electron chi connectivity index (χ4n) is 3.86. The molecule has 0 bridgehead atoms. The van der Waals surface area contributed by atoms with E-state index >= 15 is 0 Å². The van der Waals surface area contributed by atoms with Crippen LogP contribution in [-0.4, -0.2) is 89.5 Å². The first-order chi connectivity index (χ1) is 19.3. The molecule has 16 heteroatoms. The molecule has 2 rings (SSSR count). The van der Waals surface area contributed by atoms with Crippen LogP contribution in [0.2, 0.25) is 0 Å². The zero-order valence-corrected chi connectivity index (χ0v) is 24.5. The summed E-state index contributed by atoms with van der Waals surface area (Å²) in [6, 6.07) is 0. The van der Waals surface area contributed by atoms with Crippen LogP contribution in [0.4, 0.5) is 5.82 Å². The Morgan fingerprint density at radius 3 is 2.07 bits per heavy atom. The lowest BCUT2D eigenvalue weighted by atomic mass is 9.97. The first-order valence-electron chi connectivity index (χ1n) is 12.4. The smallest absolute Gasteiger partial charge is 0.330 e. The van der Waals surface area contributed by atoms with Crippen molar-refractivity contribution in [1.82, 2.24) is 9.55 Å². The van der Waals surface area contributed by atoms with Gasteiger partial charge in [-0.3, -0.25) is 28.5 Å². The van der Waals surface area contributed by atoms with E-state index in [1.54, 1.807) is 13.2 Å². The van der Waals surface area contributed by atoms with Crippen LogP contribution < -0.4 is 10.9 Å². The Labute approximate surface area is 239 Å². The fourth-order valence-corrected chi connectivity index (χ4v) is 4.40. The summed E-state index contributed by atoms with van der Waals surface area (Å²) in [6.07, 6.45) is -2.92. The fraction of sp³-hybridized carbons (Fsp3) is 0.560. The van der Waals surface area contributed by atoms with E-state index < -0.39 is 72.7 Å². The third kappa shape index (κ3) is 9.31. The molecule has 2 heterocycles. The van der Waals surface area contributed by atoms with Crippen LogP contribution in [0.1, 0.15) is 40.2 Å². The number of hydrogen-bond donors (Lipinski definition) is 1. The number of aromatic nitrogens is 2. The van der Waals surface area contributed by atoms with Gasteiger partial charge >= 0.3 is 29.8 Å². The zero-order chi connectivity index (χ0) is 30.9. The van der Waals surface area contributed by atoms with Gasteiger partial charge in [-0.15, -0.1) is 0 Å². The van der Waals surface area contributed by atoms with E-state index in [0.717, 1.165) is 45.5 Å². The van der Waals surface area contributed by atoms with Gasteiger partial charge in [0, 0.05) is 40.8 Å². The van der Waals surface area contributed by atoms with Crippen molar-refractivity contribution < 1.29 is 52.4 Å². The highest BCUT2D eigenvalue weighted by atomic mass is 32.2. The zero-order valence-electron chi connectivity index (χ0n) is 23.7. The molecule has 5 unspecified atom stereocenters. The maximum atomic E-state index is 13.2. The summed E-state index contributed by atoms with van der Waals surface area (Å²) >= 11 is 1.15. The van der Waals surface area contributed by atoms with Crippen molar-refractivity contribution in [3.8, 4) is 0 Å². The SMILES string of the molecule is CCOC(=O)/C=C/c1c(NC2OC(COC(C)=O)C(OC(C)=O)C(OC(C)=O)C2OC(C)=O)nc(SC)n(C)c1=O. The number of esters is 5. The van der Waals surface area contributed by atoms with Gasteiger partial charge in [-0.05, 0) is 19.3 Å². The molecule has 0 aliphatic carbocycles. The normalized spacial score (nSPS) is 22.0. The molecule has 5 atom stereocenters. The minimum Gasteiger partial charge on any atom is -0.463 e. The average molecular weight is 600 g/mol. The maximum absolute atomic E-state index is 13.2. The summed E-state index contributed by atoms with van der Waals surface area (Å²) < 4.78 is 33.5. The molecule has 1 aromatic rings. The van der Waals surface area contributed by atoms with Gasteiger partial charge in [0.1, 0.15) is 18.5 Å².